The van der Waals surface area contributed by atoms with Crippen molar-refractivity contribution in [1.29, 1.82) is 0 Å². The van der Waals surface area contributed by atoms with Gasteiger partial charge in [-0.25, -0.2) is 4.79 Å². The summed E-state index contributed by atoms with van der Waals surface area (Å²) in [5.74, 6) is -4.18. The summed E-state index contributed by atoms with van der Waals surface area (Å²) in [5.41, 5.74) is 0.684. The van der Waals surface area contributed by atoms with E-state index in [1.54, 1.807) is 0 Å². The maximum absolute atomic E-state index is 13.7. The summed E-state index contributed by atoms with van der Waals surface area (Å²) < 4.78 is 5.92. The fourth-order valence-electron chi connectivity index (χ4n) is 5.23. The minimum absolute atomic E-state index is 0.0317. The number of aliphatic hydroxyl groups is 1. The van der Waals surface area contributed by atoms with Gasteiger partial charge in [0.25, 0.3) is 0 Å². The van der Waals surface area contributed by atoms with Gasteiger partial charge in [0, 0.05) is 17.7 Å². The van der Waals surface area contributed by atoms with Gasteiger partial charge in [-0.15, -0.1) is 0 Å². The van der Waals surface area contributed by atoms with E-state index in [9.17, 15) is 19.2 Å². The number of rotatable bonds is 12. The van der Waals surface area contributed by atoms with Gasteiger partial charge in [-0.05, 0) is 72.1 Å². The maximum Gasteiger partial charge on any atom is 0.336 e. The molecule has 0 aromatic heterocycles. The highest BCUT2D eigenvalue weighted by Gasteiger charge is 2.40. The lowest BCUT2D eigenvalue weighted by Crippen LogP contribution is -2.42. The first-order valence-electron chi connectivity index (χ1n) is 14.5. The molecule has 234 valence electrons. The smallest absolute Gasteiger partial charge is 0.336 e. The summed E-state index contributed by atoms with van der Waals surface area (Å²) in [6.07, 6.45) is 0.287. The largest absolute Gasteiger partial charge is 0.492 e. The van der Waals surface area contributed by atoms with E-state index in [4.69, 9.17) is 25.2 Å². The summed E-state index contributed by atoms with van der Waals surface area (Å²) in [5, 5.41) is 35.9. The lowest BCUT2D eigenvalue weighted by atomic mass is 9.89. The molecule has 10 heteroatoms. The van der Waals surface area contributed by atoms with Crippen molar-refractivity contribution in [2.75, 3.05) is 26.2 Å². The number of likely N-dealkylation sites (tertiary alicyclic amines) is 1. The van der Waals surface area contributed by atoms with Crippen LogP contribution in [-0.2, 0) is 14.4 Å². The monoisotopic (exact) mass is 613 g/mol. The average molecular weight is 614 g/mol. The fraction of sp³-hybridized carbons (Fsp3) is 0.257. The predicted octanol–water partition coefficient (Wildman–Crippen LogP) is 4.96. The molecule has 1 saturated heterocycles. The Kier molecular flexibility index (Phi) is 11.0. The zero-order valence-electron chi connectivity index (χ0n) is 24.6. The van der Waals surface area contributed by atoms with E-state index in [0.29, 0.717) is 12.2 Å². The predicted molar refractivity (Wildman–Crippen MR) is 168 cm³/mol. The zero-order chi connectivity index (χ0) is 32.4. The van der Waals surface area contributed by atoms with Crippen molar-refractivity contribution in [2.45, 2.75) is 31.3 Å². The molecule has 0 bridgehead atoms. The van der Waals surface area contributed by atoms with E-state index in [2.05, 4.69) is 35.2 Å². The van der Waals surface area contributed by atoms with Gasteiger partial charge in [-0.3, -0.25) is 19.3 Å². The number of carboxylic acids is 3. The maximum atomic E-state index is 13.7. The third kappa shape index (κ3) is 8.75. The number of nitrogens with zero attached hydrogens (tertiary/aromatic N) is 1. The second-order valence-corrected chi connectivity index (χ2v) is 10.8. The van der Waals surface area contributed by atoms with Crippen LogP contribution in [0, 0.1) is 0 Å². The second-order valence-electron chi connectivity index (χ2n) is 10.8. The van der Waals surface area contributed by atoms with E-state index in [-0.39, 0.29) is 5.78 Å². The molecule has 0 spiro atoms. The molecule has 1 fully saturated rings. The topological polar surface area (TPSA) is 162 Å². The standard InChI is InChI=1S/C29H27NO2.C6H8O7/c31-29(24-12-15-25(16-13-24)32-21-20-30-18-6-7-19-30)28-26-11-5-4-10-23(26)14-17-27(28)22-8-2-1-3-9-22;7-3(8)1-6(13,5(11)12)2-4(9)10/h1-5,8-17H,6-7,18-21H2;13H,1-2H2,(H,7,8)(H,9,10)(H,11,12). The van der Waals surface area contributed by atoms with Gasteiger partial charge in [0.2, 0.25) is 0 Å². The van der Waals surface area contributed by atoms with Crippen LogP contribution in [0.15, 0.2) is 91.0 Å². The van der Waals surface area contributed by atoms with Crippen molar-refractivity contribution in [3.63, 3.8) is 0 Å². The third-order valence-electron chi connectivity index (χ3n) is 7.52. The van der Waals surface area contributed by atoms with Gasteiger partial charge in [0.1, 0.15) is 12.4 Å². The van der Waals surface area contributed by atoms with E-state index >= 15 is 0 Å². The number of aliphatic carboxylic acids is 3. The van der Waals surface area contributed by atoms with E-state index < -0.39 is 36.4 Å². The number of hydrogen-bond donors (Lipinski definition) is 4. The second kappa shape index (κ2) is 15.1. The summed E-state index contributed by atoms with van der Waals surface area (Å²) in [4.78, 5) is 46.6. The van der Waals surface area contributed by atoms with Crippen molar-refractivity contribution >= 4 is 34.5 Å². The van der Waals surface area contributed by atoms with Crippen molar-refractivity contribution in [3.05, 3.63) is 102 Å². The molecule has 4 N–H and O–H groups in total. The molecule has 45 heavy (non-hydrogen) atoms. The molecule has 1 heterocycles. The summed E-state index contributed by atoms with van der Waals surface area (Å²) in [6.45, 7) is 3.98. The van der Waals surface area contributed by atoms with Gasteiger partial charge in [-0.2, -0.15) is 0 Å². The Morgan fingerprint density at radius 3 is 1.93 bits per heavy atom. The molecule has 0 saturated carbocycles. The first-order valence-corrected chi connectivity index (χ1v) is 14.5. The molecule has 1 aliphatic rings. The van der Waals surface area contributed by atoms with E-state index in [1.165, 1.54) is 25.9 Å². The number of carboxylic acid groups (broad SMARTS) is 3. The van der Waals surface area contributed by atoms with Gasteiger partial charge < -0.3 is 25.2 Å². The van der Waals surface area contributed by atoms with Crippen LogP contribution in [0.1, 0.15) is 41.6 Å². The third-order valence-corrected chi connectivity index (χ3v) is 7.52. The molecular formula is C35H35NO9. The number of fused-ring (bicyclic) bond motifs is 1. The molecule has 4 aromatic carbocycles. The highest BCUT2D eigenvalue weighted by molar-refractivity contribution is 6.20. The quantitative estimate of drug-likeness (QED) is 0.161. The van der Waals surface area contributed by atoms with Crippen LogP contribution in [-0.4, -0.2) is 80.9 Å². The number of hydrogen-bond acceptors (Lipinski definition) is 7. The Morgan fingerprint density at radius 2 is 1.33 bits per heavy atom. The molecule has 0 unspecified atom stereocenters. The normalized spacial score (nSPS) is 13.1. The Bertz CT molecular complexity index is 1630. The molecule has 1 aliphatic heterocycles. The highest BCUT2D eigenvalue weighted by Crippen LogP contribution is 2.32. The first kappa shape index (κ1) is 32.8. The Labute approximate surface area is 260 Å². The average Bonchev–Trinajstić information content (AvgIpc) is 3.54. The summed E-state index contributed by atoms with van der Waals surface area (Å²) in [7, 11) is 0. The Morgan fingerprint density at radius 1 is 0.733 bits per heavy atom. The molecule has 0 atom stereocenters. The van der Waals surface area contributed by atoms with Crippen LogP contribution in [0.3, 0.4) is 0 Å². The number of ketones is 1. The zero-order valence-corrected chi connectivity index (χ0v) is 24.6. The fourth-order valence-corrected chi connectivity index (χ4v) is 5.23. The minimum Gasteiger partial charge on any atom is -0.492 e. The summed E-state index contributed by atoms with van der Waals surface area (Å²) >= 11 is 0. The number of carbonyl (C=O) groups excluding carboxylic acids is 1. The van der Waals surface area contributed by atoms with Crippen LogP contribution in [0.5, 0.6) is 5.75 Å². The first-order chi connectivity index (χ1) is 21.6. The highest BCUT2D eigenvalue weighted by atomic mass is 16.5. The van der Waals surface area contributed by atoms with Crippen molar-refractivity contribution in [1.82, 2.24) is 4.90 Å². The lowest BCUT2D eigenvalue weighted by Gasteiger charge is -2.18. The van der Waals surface area contributed by atoms with Gasteiger partial charge in [0.05, 0.1) is 12.8 Å². The molecule has 0 radical (unpaired) electrons. The van der Waals surface area contributed by atoms with Gasteiger partial charge in [-0.1, -0.05) is 66.7 Å². The van der Waals surface area contributed by atoms with Crippen LogP contribution in [0.4, 0.5) is 0 Å². The minimum atomic E-state index is -2.74. The van der Waals surface area contributed by atoms with Gasteiger partial charge in [0.15, 0.2) is 11.4 Å². The van der Waals surface area contributed by atoms with Crippen LogP contribution >= 0.6 is 0 Å². The number of carbonyl (C=O) groups is 4. The molecule has 0 aliphatic carbocycles. The van der Waals surface area contributed by atoms with Crippen molar-refractivity contribution in [2.24, 2.45) is 0 Å². The van der Waals surface area contributed by atoms with Crippen LogP contribution in [0.2, 0.25) is 0 Å². The molecule has 10 nitrogen and oxygen atoms in total. The SMILES string of the molecule is O=C(O)CC(O)(CC(=O)O)C(=O)O.O=C(c1ccc(OCCN2CCCC2)cc1)c1c(-c2ccccc2)ccc2ccccc12. The van der Waals surface area contributed by atoms with Crippen LogP contribution in [0.25, 0.3) is 21.9 Å². The van der Waals surface area contributed by atoms with Crippen LogP contribution < -0.4 is 4.74 Å². The Balaban J connectivity index is 0.000000302. The molecule has 4 aromatic rings. The van der Waals surface area contributed by atoms with Crippen molar-refractivity contribution in [3.8, 4) is 16.9 Å². The molecule has 5 rings (SSSR count). The van der Waals surface area contributed by atoms with E-state index in [0.717, 1.165) is 39.8 Å². The Hall–Kier alpha value is -5.06. The molecule has 0 amide bonds. The summed E-state index contributed by atoms with van der Waals surface area (Å²) in [6, 6.07) is 29.9. The van der Waals surface area contributed by atoms with Crippen molar-refractivity contribution < 1.29 is 44.3 Å². The number of ether oxygens (including phenoxy) is 1. The number of benzene rings is 4. The van der Waals surface area contributed by atoms with Gasteiger partial charge >= 0.3 is 17.9 Å². The molecular weight excluding hydrogens is 578 g/mol. The lowest BCUT2D eigenvalue weighted by molar-refractivity contribution is -0.170. The van der Waals surface area contributed by atoms with E-state index in [1.807, 2.05) is 60.7 Å².